The topological polar surface area (TPSA) is 24.9 Å². The SMILES string of the molecule is Cc1cccc(C)c1C(NC1CC1)c1nc2c(s1)CCC2. The highest BCUT2D eigenvalue weighted by Crippen LogP contribution is 2.37. The Bertz CT molecular complexity index is 628. The minimum absolute atomic E-state index is 0.286. The number of thiazole rings is 1. The van der Waals surface area contributed by atoms with Crippen LogP contribution in [0.25, 0.3) is 0 Å². The molecule has 0 saturated heterocycles. The summed E-state index contributed by atoms with van der Waals surface area (Å²) in [5.74, 6) is 0. The van der Waals surface area contributed by atoms with Crippen LogP contribution in [0.1, 0.15) is 57.6 Å². The Kier molecular flexibility index (Phi) is 3.35. The van der Waals surface area contributed by atoms with Gasteiger partial charge in [-0.3, -0.25) is 0 Å². The zero-order valence-electron chi connectivity index (χ0n) is 12.8. The largest absolute Gasteiger partial charge is 0.301 e. The van der Waals surface area contributed by atoms with E-state index in [0.29, 0.717) is 6.04 Å². The number of nitrogens with one attached hydrogen (secondary N) is 1. The molecule has 0 aliphatic heterocycles. The van der Waals surface area contributed by atoms with Gasteiger partial charge in [-0.25, -0.2) is 4.98 Å². The standard InChI is InChI=1S/C18H22N2S/c1-11-5-3-6-12(2)16(11)17(19-13-9-10-13)18-20-14-7-4-8-15(14)21-18/h3,5-6,13,17,19H,4,7-10H2,1-2H3. The molecule has 2 aromatic rings. The summed E-state index contributed by atoms with van der Waals surface area (Å²) >= 11 is 1.94. The molecule has 1 aromatic carbocycles. The van der Waals surface area contributed by atoms with Gasteiger partial charge in [0, 0.05) is 10.9 Å². The van der Waals surface area contributed by atoms with Crippen LogP contribution in [0.15, 0.2) is 18.2 Å². The highest BCUT2D eigenvalue weighted by atomic mass is 32.1. The van der Waals surface area contributed by atoms with E-state index in [-0.39, 0.29) is 6.04 Å². The van der Waals surface area contributed by atoms with Crippen LogP contribution < -0.4 is 5.32 Å². The fourth-order valence-electron chi connectivity index (χ4n) is 3.38. The lowest BCUT2D eigenvalue weighted by Crippen LogP contribution is -2.26. The van der Waals surface area contributed by atoms with Gasteiger partial charge in [0.1, 0.15) is 5.01 Å². The molecule has 4 rings (SSSR count). The molecule has 1 saturated carbocycles. The minimum Gasteiger partial charge on any atom is -0.301 e. The molecular formula is C18H22N2S. The predicted molar refractivity (Wildman–Crippen MR) is 88.1 cm³/mol. The summed E-state index contributed by atoms with van der Waals surface area (Å²) < 4.78 is 0. The molecule has 1 aromatic heterocycles. The molecule has 1 heterocycles. The van der Waals surface area contributed by atoms with Crippen molar-refractivity contribution in [3.8, 4) is 0 Å². The van der Waals surface area contributed by atoms with Gasteiger partial charge in [0.25, 0.3) is 0 Å². The van der Waals surface area contributed by atoms with Gasteiger partial charge in [0.05, 0.1) is 11.7 Å². The van der Waals surface area contributed by atoms with E-state index in [1.165, 1.54) is 64.4 Å². The van der Waals surface area contributed by atoms with Gasteiger partial charge in [-0.2, -0.15) is 0 Å². The van der Waals surface area contributed by atoms with Crippen molar-refractivity contribution >= 4 is 11.3 Å². The van der Waals surface area contributed by atoms with Gasteiger partial charge in [0.15, 0.2) is 0 Å². The lowest BCUT2D eigenvalue weighted by Gasteiger charge is -2.21. The van der Waals surface area contributed by atoms with E-state index in [1.54, 1.807) is 0 Å². The smallest absolute Gasteiger partial charge is 0.115 e. The van der Waals surface area contributed by atoms with E-state index in [2.05, 4.69) is 37.4 Å². The maximum atomic E-state index is 4.99. The molecule has 21 heavy (non-hydrogen) atoms. The molecule has 0 bridgehead atoms. The van der Waals surface area contributed by atoms with Gasteiger partial charge < -0.3 is 5.32 Å². The summed E-state index contributed by atoms with van der Waals surface area (Å²) in [6.45, 7) is 4.45. The molecule has 0 radical (unpaired) electrons. The van der Waals surface area contributed by atoms with Crippen molar-refractivity contribution in [2.45, 2.75) is 58.0 Å². The van der Waals surface area contributed by atoms with E-state index < -0.39 is 0 Å². The number of aryl methyl sites for hydroxylation is 4. The molecule has 2 nitrogen and oxygen atoms in total. The second-order valence-corrected chi connectivity index (χ2v) is 7.57. The second kappa shape index (κ2) is 5.22. The fraction of sp³-hybridized carbons (Fsp3) is 0.500. The summed E-state index contributed by atoms with van der Waals surface area (Å²) in [5.41, 5.74) is 5.56. The molecule has 3 heteroatoms. The normalized spacial score (nSPS) is 18.8. The minimum atomic E-state index is 0.286. The summed E-state index contributed by atoms with van der Waals surface area (Å²) in [6, 6.07) is 7.59. The lowest BCUT2D eigenvalue weighted by molar-refractivity contribution is 0.591. The number of rotatable bonds is 4. The van der Waals surface area contributed by atoms with Gasteiger partial charge in [-0.15, -0.1) is 11.3 Å². The molecule has 2 aliphatic rings. The number of hydrogen-bond acceptors (Lipinski definition) is 3. The number of benzene rings is 1. The Morgan fingerprint density at radius 3 is 2.62 bits per heavy atom. The first-order chi connectivity index (χ1) is 10.2. The Morgan fingerprint density at radius 2 is 1.95 bits per heavy atom. The number of fused-ring (bicyclic) bond motifs is 1. The van der Waals surface area contributed by atoms with Crippen molar-refractivity contribution in [3.05, 3.63) is 50.5 Å². The predicted octanol–water partition coefficient (Wildman–Crippen LogP) is 4.09. The second-order valence-electron chi connectivity index (χ2n) is 6.45. The quantitative estimate of drug-likeness (QED) is 0.919. The van der Waals surface area contributed by atoms with E-state index >= 15 is 0 Å². The highest BCUT2D eigenvalue weighted by molar-refractivity contribution is 7.11. The van der Waals surface area contributed by atoms with Gasteiger partial charge in [0.2, 0.25) is 0 Å². The van der Waals surface area contributed by atoms with Crippen molar-refractivity contribution in [2.24, 2.45) is 0 Å². The van der Waals surface area contributed by atoms with Gasteiger partial charge in [-0.05, 0) is 62.6 Å². The average Bonchev–Trinajstić information content (AvgIpc) is 3.01. The van der Waals surface area contributed by atoms with Crippen LogP contribution in [0, 0.1) is 13.8 Å². The molecule has 1 fully saturated rings. The van der Waals surface area contributed by atoms with Crippen molar-refractivity contribution in [3.63, 3.8) is 0 Å². The first kappa shape index (κ1) is 13.5. The third-order valence-corrected chi connectivity index (χ3v) is 5.89. The van der Waals surface area contributed by atoms with Crippen molar-refractivity contribution in [2.75, 3.05) is 0 Å². The maximum Gasteiger partial charge on any atom is 0.115 e. The van der Waals surface area contributed by atoms with Crippen molar-refractivity contribution in [1.29, 1.82) is 0 Å². The van der Waals surface area contributed by atoms with Crippen LogP contribution in [-0.4, -0.2) is 11.0 Å². The van der Waals surface area contributed by atoms with Gasteiger partial charge >= 0.3 is 0 Å². The van der Waals surface area contributed by atoms with Gasteiger partial charge in [-0.1, -0.05) is 18.2 Å². The summed E-state index contributed by atoms with van der Waals surface area (Å²) in [4.78, 5) is 6.51. The molecular weight excluding hydrogens is 276 g/mol. The van der Waals surface area contributed by atoms with E-state index in [9.17, 15) is 0 Å². The van der Waals surface area contributed by atoms with E-state index in [4.69, 9.17) is 4.98 Å². The van der Waals surface area contributed by atoms with Crippen molar-refractivity contribution in [1.82, 2.24) is 10.3 Å². The molecule has 110 valence electrons. The summed E-state index contributed by atoms with van der Waals surface area (Å²) in [7, 11) is 0. The highest BCUT2D eigenvalue weighted by Gasteiger charge is 2.30. The van der Waals surface area contributed by atoms with Crippen LogP contribution in [-0.2, 0) is 12.8 Å². The molecule has 1 atom stereocenters. The summed E-state index contributed by atoms with van der Waals surface area (Å²) in [5, 5.41) is 5.12. The van der Waals surface area contributed by atoms with Crippen LogP contribution in [0.2, 0.25) is 0 Å². The Balaban J connectivity index is 1.76. The van der Waals surface area contributed by atoms with Crippen LogP contribution >= 0.6 is 11.3 Å². The number of aromatic nitrogens is 1. The fourth-order valence-corrected chi connectivity index (χ4v) is 4.60. The zero-order valence-corrected chi connectivity index (χ0v) is 13.6. The number of hydrogen-bond donors (Lipinski definition) is 1. The number of nitrogens with zero attached hydrogens (tertiary/aromatic N) is 1. The zero-order chi connectivity index (χ0) is 14.4. The molecule has 2 aliphatic carbocycles. The Hall–Kier alpha value is -1.19. The maximum absolute atomic E-state index is 4.99. The van der Waals surface area contributed by atoms with E-state index in [1.807, 2.05) is 11.3 Å². The first-order valence-corrected chi connectivity index (χ1v) is 8.84. The molecule has 0 amide bonds. The monoisotopic (exact) mass is 298 g/mol. The lowest BCUT2D eigenvalue weighted by atomic mass is 9.96. The Morgan fingerprint density at radius 1 is 1.19 bits per heavy atom. The van der Waals surface area contributed by atoms with Crippen molar-refractivity contribution < 1.29 is 0 Å². The van der Waals surface area contributed by atoms with Crippen LogP contribution in [0.4, 0.5) is 0 Å². The first-order valence-electron chi connectivity index (χ1n) is 8.03. The summed E-state index contributed by atoms with van der Waals surface area (Å²) in [6.07, 6.45) is 6.32. The molecule has 1 N–H and O–H groups in total. The van der Waals surface area contributed by atoms with E-state index in [0.717, 1.165) is 0 Å². The molecule has 0 spiro atoms. The third-order valence-electron chi connectivity index (χ3n) is 4.67. The third kappa shape index (κ3) is 2.53. The Labute approximate surface area is 130 Å². The van der Waals surface area contributed by atoms with Crippen LogP contribution in [0.3, 0.4) is 0 Å². The molecule has 1 unspecified atom stereocenters. The van der Waals surface area contributed by atoms with Crippen LogP contribution in [0.5, 0.6) is 0 Å². The average molecular weight is 298 g/mol.